The van der Waals surface area contributed by atoms with Gasteiger partial charge in [-0.25, -0.2) is 4.39 Å². The number of aryl methyl sites for hydroxylation is 1. The molecule has 0 aliphatic carbocycles. The lowest BCUT2D eigenvalue weighted by atomic mass is 9.72. The van der Waals surface area contributed by atoms with E-state index in [1.165, 1.54) is 12.1 Å². The molecule has 1 saturated heterocycles. The van der Waals surface area contributed by atoms with Gasteiger partial charge in [-0.15, -0.1) is 12.4 Å². The molecule has 4 nitrogen and oxygen atoms in total. The number of carboxylic acid groups (broad SMARTS) is 1. The van der Waals surface area contributed by atoms with Gasteiger partial charge in [0, 0.05) is 6.42 Å². The van der Waals surface area contributed by atoms with E-state index in [1.54, 1.807) is 6.07 Å². The Morgan fingerprint density at radius 1 is 1.43 bits per heavy atom. The van der Waals surface area contributed by atoms with Crippen LogP contribution >= 0.6 is 12.4 Å². The summed E-state index contributed by atoms with van der Waals surface area (Å²) in [6, 6.07) is 6.66. The zero-order valence-electron chi connectivity index (χ0n) is 11.6. The molecule has 0 unspecified atom stereocenters. The number of piperidine rings is 1. The maximum absolute atomic E-state index is 13.6. The number of halogens is 2. The van der Waals surface area contributed by atoms with E-state index >= 15 is 0 Å². The number of hydrogen-bond acceptors (Lipinski definition) is 3. The van der Waals surface area contributed by atoms with E-state index in [-0.39, 0.29) is 24.6 Å². The normalized spacial score (nSPS) is 16.6. The van der Waals surface area contributed by atoms with Crippen molar-refractivity contribution >= 4 is 18.4 Å². The third kappa shape index (κ3) is 3.93. The molecule has 0 spiro atoms. The van der Waals surface area contributed by atoms with Crippen LogP contribution in [0.2, 0.25) is 0 Å². The topological polar surface area (TPSA) is 73.1 Å². The van der Waals surface area contributed by atoms with Crippen molar-refractivity contribution in [2.75, 3.05) is 13.1 Å². The van der Waals surface area contributed by atoms with Gasteiger partial charge >= 0.3 is 5.97 Å². The van der Waals surface area contributed by atoms with Crippen LogP contribution in [0.25, 0.3) is 0 Å². The fraction of sp³-hybridized carbons (Fsp3) is 0.467. The van der Waals surface area contributed by atoms with Crippen LogP contribution in [-0.4, -0.2) is 24.2 Å². The summed E-state index contributed by atoms with van der Waals surface area (Å²) in [6.07, 6.45) is 1.54. The molecule has 0 radical (unpaired) electrons. The average Bonchev–Trinajstić information content (AvgIpc) is 2.46. The Hall–Kier alpha value is -1.64. The van der Waals surface area contributed by atoms with Crippen molar-refractivity contribution in [3.05, 3.63) is 35.1 Å². The first-order valence-electron chi connectivity index (χ1n) is 6.70. The van der Waals surface area contributed by atoms with Gasteiger partial charge in [0.15, 0.2) is 0 Å². The Labute approximate surface area is 129 Å². The molecule has 0 bridgehead atoms. The van der Waals surface area contributed by atoms with E-state index in [4.69, 9.17) is 5.11 Å². The zero-order chi connectivity index (χ0) is 14.6. The molecular weight excluding hydrogens is 295 g/mol. The fourth-order valence-corrected chi connectivity index (χ4v) is 2.75. The maximum Gasteiger partial charge on any atom is 0.303 e. The van der Waals surface area contributed by atoms with E-state index in [0.29, 0.717) is 37.9 Å². The molecule has 2 N–H and O–H groups in total. The molecule has 0 atom stereocenters. The second-order valence-electron chi connectivity index (χ2n) is 5.14. The average molecular weight is 313 g/mol. The summed E-state index contributed by atoms with van der Waals surface area (Å²) in [7, 11) is 0. The summed E-state index contributed by atoms with van der Waals surface area (Å²) < 4.78 is 13.6. The predicted octanol–water partition coefficient (Wildman–Crippen LogP) is 2.41. The summed E-state index contributed by atoms with van der Waals surface area (Å²) in [6.45, 7) is 1.42. The Bertz CT molecular complexity index is 551. The lowest BCUT2D eigenvalue weighted by molar-refractivity contribution is -0.136. The molecule has 21 heavy (non-hydrogen) atoms. The molecule has 0 saturated carbocycles. The number of aliphatic carboxylic acids is 1. The Balaban J connectivity index is 0.00000220. The first-order valence-corrected chi connectivity index (χ1v) is 6.70. The highest BCUT2D eigenvalue weighted by molar-refractivity contribution is 5.85. The summed E-state index contributed by atoms with van der Waals surface area (Å²) in [4.78, 5) is 10.7. The molecule has 1 aromatic carbocycles. The number of carbonyl (C=O) groups is 1. The van der Waals surface area contributed by atoms with Crippen molar-refractivity contribution < 1.29 is 14.3 Å². The highest BCUT2D eigenvalue weighted by Crippen LogP contribution is 2.35. The first-order chi connectivity index (χ1) is 9.57. The van der Waals surface area contributed by atoms with Crippen LogP contribution in [0.4, 0.5) is 4.39 Å². The van der Waals surface area contributed by atoms with Gasteiger partial charge in [0.2, 0.25) is 0 Å². The van der Waals surface area contributed by atoms with Crippen molar-refractivity contribution in [3.8, 4) is 6.07 Å². The minimum atomic E-state index is -0.892. The fourth-order valence-electron chi connectivity index (χ4n) is 2.75. The summed E-state index contributed by atoms with van der Waals surface area (Å²) in [5, 5.41) is 21.6. The Kier molecular flexibility index (Phi) is 6.13. The van der Waals surface area contributed by atoms with Gasteiger partial charge in [0.1, 0.15) is 5.82 Å². The summed E-state index contributed by atoms with van der Waals surface area (Å²) >= 11 is 0. The second-order valence-corrected chi connectivity index (χ2v) is 5.14. The van der Waals surface area contributed by atoms with Gasteiger partial charge in [0.05, 0.1) is 11.5 Å². The molecule has 1 heterocycles. The number of benzene rings is 1. The van der Waals surface area contributed by atoms with Crippen molar-refractivity contribution in [1.29, 1.82) is 5.26 Å². The second kappa shape index (κ2) is 7.39. The molecule has 1 aliphatic heterocycles. The lowest BCUT2D eigenvalue weighted by Gasteiger charge is -2.33. The molecule has 0 amide bonds. The predicted molar refractivity (Wildman–Crippen MR) is 79.0 cm³/mol. The van der Waals surface area contributed by atoms with E-state index in [9.17, 15) is 14.4 Å². The molecule has 1 aromatic rings. The molecule has 114 valence electrons. The van der Waals surface area contributed by atoms with Gasteiger partial charge in [-0.3, -0.25) is 4.79 Å². The molecule has 2 rings (SSSR count). The highest BCUT2D eigenvalue weighted by atomic mass is 35.5. The SMILES string of the molecule is Cl.N#CC1(c2cc(F)ccc2CCC(=O)O)CCNCC1. The highest BCUT2D eigenvalue weighted by Gasteiger charge is 2.36. The van der Waals surface area contributed by atoms with Gasteiger partial charge in [0.25, 0.3) is 0 Å². The smallest absolute Gasteiger partial charge is 0.303 e. The van der Waals surface area contributed by atoms with E-state index in [2.05, 4.69) is 11.4 Å². The van der Waals surface area contributed by atoms with Crippen LogP contribution < -0.4 is 5.32 Å². The van der Waals surface area contributed by atoms with E-state index in [0.717, 1.165) is 5.56 Å². The molecule has 1 fully saturated rings. The molecule has 0 aromatic heterocycles. The third-order valence-corrected chi connectivity index (χ3v) is 3.87. The van der Waals surface area contributed by atoms with Crippen molar-refractivity contribution in [2.24, 2.45) is 0 Å². The van der Waals surface area contributed by atoms with Crippen LogP contribution in [0.1, 0.15) is 30.4 Å². The van der Waals surface area contributed by atoms with E-state index < -0.39 is 11.4 Å². The summed E-state index contributed by atoms with van der Waals surface area (Å²) in [5.74, 6) is -1.27. The van der Waals surface area contributed by atoms with Crippen molar-refractivity contribution in [2.45, 2.75) is 31.1 Å². The molecule has 6 heteroatoms. The minimum Gasteiger partial charge on any atom is -0.481 e. The lowest BCUT2D eigenvalue weighted by Crippen LogP contribution is -2.39. The van der Waals surface area contributed by atoms with Gasteiger partial charge in [-0.05, 0) is 55.6 Å². The van der Waals surface area contributed by atoms with Gasteiger partial charge < -0.3 is 10.4 Å². The number of nitriles is 1. The van der Waals surface area contributed by atoms with Crippen LogP contribution in [0.15, 0.2) is 18.2 Å². The number of rotatable bonds is 4. The number of carboxylic acids is 1. The number of hydrogen-bond donors (Lipinski definition) is 2. The standard InChI is InChI=1S/C15H17FN2O2.ClH/c16-12-3-1-11(2-4-14(19)20)13(9-12)15(10-17)5-7-18-8-6-15;/h1,3,9,18H,2,4-8H2,(H,19,20);1H. The summed E-state index contributed by atoms with van der Waals surface area (Å²) in [5.41, 5.74) is 0.710. The van der Waals surface area contributed by atoms with Crippen molar-refractivity contribution in [1.82, 2.24) is 5.32 Å². The monoisotopic (exact) mass is 312 g/mol. The number of nitrogens with zero attached hydrogens (tertiary/aromatic N) is 1. The van der Waals surface area contributed by atoms with Crippen LogP contribution in [0, 0.1) is 17.1 Å². The Morgan fingerprint density at radius 2 is 2.10 bits per heavy atom. The van der Waals surface area contributed by atoms with Crippen LogP contribution in [0.3, 0.4) is 0 Å². The number of nitrogens with one attached hydrogen (secondary N) is 1. The van der Waals surface area contributed by atoms with Gasteiger partial charge in [-0.2, -0.15) is 5.26 Å². The van der Waals surface area contributed by atoms with Crippen molar-refractivity contribution in [3.63, 3.8) is 0 Å². The van der Waals surface area contributed by atoms with Crippen LogP contribution in [-0.2, 0) is 16.6 Å². The zero-order valence-corrected chi connectivity index (χ0v) is 12.4. The van der Waals surface area contributed by atoms with Crippen LogP contribution in [0.5, 0.6) is 0 Å². The maximum atomic E-state index is 13.6. The Morgan fingerprint density at radius 3 is 2.67 bits per heavy atom. The van der Waals surface area contributed by atoms with Gasteiger partial charge in [-0.1, -0.05) is 6.07 Å². The quantitative estimate of drug-likeness (QED) is 0.895. The van der Waals surface area contributed by atoms with E-state index in [1.807, 2.05) is 0 Å². The minimum absolute atomic E-state index is 0. The first kappa shape index (κ1) is 17.4. The molecular formula is C15H18ClFN2O2. The third-order valence-electron chi connectivity index (χ3n) is 3.87. The largest absolute Gasteiger partial charge is 0.481 e. The molecule has 1 aliphatic rings.